The third-order valence-corrected chi connectivity index (χ3v) is 2.80. The number of aromatic nitrogens is 2. The van der Waals surface area contributed by atoms with Gasteiger partial charge in [-0.15, -0.1) is 13.2 Å². The van der Waals surface area contributed by atoms with Crippen LogP contribution in [0.4, 0.5) is 24.5 Å². The minimum absolute atomic E-state index is 0.273. The van der Waals surface area contributed by atoms with Crippen LogP contribution in [0.1, 0.15) is 0 Å². The van der Waals surface area contributed by atoms with Crippen molar-refractivity contribution in [1.82, 2.24) is 9.97 Å². The number of nitrogens with one attached hydrogen (secondary N) is 2. The fourth-order valence-electron chi connectivity index (χ4n) is 1.99. The van der Waals surface area contributed by atoms with E-state index in [2.05, 4.69) is 20.0 Å². The zero-order valence-electron chi connectivity index (χ0n) is 10.6. The van der Waals surface area contributed by atoms with Crippen molar-refractivity contribution >= 4 is 22.4 Å². The van der Waals surface area contributed by atoms with Crippen molar-refractivity contribution in [3.63, 3.8) is 0 Å². The summed E-state index contributed by atoms with van der Waals surface area (Å²) in [5.41, 5.74) is 1.91. The van der Waals surface area contributed by atoms with Gasteiger partial charge in [0.2, 0.25) is 0 Å². The lowest BCUT2D eigenvalue weighted by Crippen LogP contribution is -2.17. The van der Waals surface area contributed by atoms with Crippen LogP contribution in [0.3, 0.4) is 0 Å². The molecule has 0 spiro atoms. The van der Waals surface area contributed by atoms with Crippen LogP contribution in [0.2, 0.25) is 0 Å². The molecule has 0 atom stereocenters. The second kappa shape index (κ2) is 5.01. The molecule has 0 aliphatic carbocycles. The Morgan fingerprint density at radius 3 is 2.81 bits per heavy atom. The van der Waals surface area contributed by atoms with E-state index in [0.29, 0.717) is 11.3 Å². The molecule has 0 amide bonds. The highest BCUT2D eigenvalue weighted by Gasteiger charge is 2.31. The van der Waals surface area contributed by atoms with Gasteiger partial charge in [-0.1, -0.05) is 6.07 Å². The zero-order valence-corrected chi connectivity index (χ0v) is 10.6. The molecule has 4 nitrogen and oxygen atoms in total. The number of halogens is 3. The largest absolute Gasteiger partial charge is 0.573 e. The molecule has 2 aromatic heterocycles. The molecule has 3 aromatic rings. The number of fused-ring (bicyclic) bond motifs is 1. The highest BCUT2D eigenvalue weighted by atomic mass is 19.4. The number of hydrogen-bond donors (Lipinski definition) is 2. The molecule has 108 valence electrons. The number of nitrogens with zero attached hydrogens (tertiary/aromatic N) is 1. The van der Waals surface area contributed by atoms with E-state index in [9.17, 15) is 13.2 Å². The summed E-state index contributed by atoms with van der Waals surface area (Å²) in [6, 6.07) is 9.30. The molecule has 2 heterocycles. The maximum Gasteiger partial charge on any atom is 0.573 e. The van der Waals surface area contributed by atoms with E-state index in [1.165, 1.54) is 18.2 Å². The summed E-state index contributed by atoms with van der Waals surface area (Å²) < 4.78 is 40.5. The normalized spacial score (nSPS) is 11.6. The lowest BCUT2D eigenvalue weighted by molar-refractivity contribution is -0.274. The molecule has 0 aliphatic heterocycles. The first kappa shape index (κ1) is 13.3. The lowest BCUT2D eigenvalue weighted by atomic mass is 10.2. The minimum atomic E-state index is -4.71. The lowest BCUT2D eigenvalue weighted by Gasteiger charge is -2.10. The third-order valence-electron chi connectivity index (χ3n) is 2.80. The molecular weight excluding hydrogens is 283 g/mol. The summed E-state index contributed by atoms with van der Waals surface area (Å²) in [6.07, 6.45) is -1.35. The first-order valence-corrected chi connectivity index (χ1v) is 6.06. The zero-order chi connectivity index (χ0) is 14.9. The van der Waals surface area contributed by atoms with Crippen LogP contribution >= 0.6 is 0 Å². The van der Waals surface area contributed by atoms with E-state index in [-0.39, 0.29) is 5.75 Å². The van der Waals surface area contributed by atoms with Crippen LogP contribution in [-0.2, 0) is 0 Å². The van der Waals surface area contributed by atoms with Gasteiger partial charge in [-0.3, -0.25) is 0 Å². The molecule has 0 saturated carbocycles. The monoisotopic (exact) mass is 293 g/mol. The Labute approximate surface area is 117 Å². The van der Waals surface area contributed by atoms with Crippen molar-refractivity contribution in [2.75, 3.05) is 5.32 Å². The molecule has 21 heavy (non-hydrogen) atoms. The number of rotatable bonds is 3. The van der Waals surface area contributed by atoms with E-state index in [0.717, 1.165) is 11.1 Å². The molecular formula is C14H10F3N3O. The SMILES string of the molecule is FC(F)(F)Oc1cccc(Nc2c[nH]c3ncccc23)c1. The molecule has 0 saturated heterocycles. The van der Waals surface area contributed by atoms with Crippen LogP contribution in [0, 0.1) is 0 Å². The number of aromatic amines is 1. The molecule has 0 fully saturated rings. The fourth-order valence-corrected chi connectivity index (χ4v) is 1.99. The number of hydrogen-bond acceptors (Lipinski definition) is 3. The van der Waals surface area contributed by atoms with Gasteiger partial charge in [0.05, 0.1) is 5.69 Å². The molecule has 1 aromatic carbocycles. The fraction of sp³-hybridized carbons (Fsp3) is 0.0714. The number of benzene rings is 1. The molecule has 0 aliphatic rings. The number of alkyl halides is 3. The van der Waals surface area contributed by atoms with Crippen molar-refractivity contribution in [3.05, 3.63) is 48.8 Å². The Hall–Kier alpha value is -2.70. The summed E-state index contributed by atoms with van der Waals surface area (Å²) in [6.45, 7) is 0. The van der Waals surface area contributed by atoms with Crippen molar-refractivity contribution in [2.24, 2.45) is 0 Å². The van der Waals surface area contributed by atoms with Crippen molar-refractivity contribution in [2.45, 2.75) is 6.36 Å². The van der Waals surface area contributed by atoms with Gasteiger partial charge in [-0.2, -0.15) is 0 Å². The first-order chi connectivity index (χ1) is 10.0. The number of anilines is 2. The first-order valence-electron chi connectivity index (χ1n) is 6.06. The molecule has 3 rings (SSSR count). The Morgan fingerprint density at radius 1 is 1.14 bits per heavy atom. The molecule has 2 N–H and O–H groups in total. The molecule has 0 unspecified atom stereocenters. The third kappa shape index (κ3) is 3.07. The van der Waals surface area contributed by atoms with E-state index in [1.54, 1.807) is 24.5 Å². The number of H-pyrrole nitrogens is 1. The maximum atomic E-state index is 12.2. The Morgan fingerprint density at radius 2 is 2.00 bits per heavy atom. The second-order valence-electron chi connectivity index (χ2n) is 4.30. The van der Waals surface area contributed by atoms with E-state index < -0.39 is 6.36 Å². The summed E-state index contributed by atoms with van der Waals surface area (Å²) in [5.74, 6) is -0.273. The average Bonchev–Trinajstić information content (AvgIpc) is 2.81. The summed E-state index contributed by atoms with van der Waals surface area (Å²) >= 11 is 0. The van der Waals surface area contributed by atoms with E-state index in [4.69, 9.17) is 0 Å². The van der Waals surface area contributed by atoms with Gasteiger partial charge >= 0.3 is 6.36 Å². The Balaban J connectivity index is 1.86. The van der Waals surface area contributed by atoms with E-state index >= 15 is 0 Å². The van der Waals surface area contributed by atoms with Crippen LogP contribution in [0.25, 0.3) is 11.0 Å². The van der Waals surface area contributed by atoms with Gasteiger partial charge in [0.1, 0.15) is 11.4 Å². The van der Waals surface area contributed by atoms with Gasteiger partial charge in [0.25, 0.3) is 0 Å². The molecule has 7 heteroatoms. The van der Waals surface area contributed by atoms with Crippen LogP contribution in [0.15, 0.2) is 48.8 Å². The minimum Gasteiger partial charge on any atom is -0.406 e. The molecule has 0 bridgehead atoms. The van der Waals surface area contributed by atoms with Gasteiger partial charge in [0, 0.05) is 29.5 Å². The quantitative estimate of drug-likeness (QED) is 0.760. The van der Waals surface area contributed by atoms with Gasteiger partial charge in [0.15, 0.2) is 0 Å². The number of pyridine rings is 1. The van der Waals surface area contributed by atoms with Gasteiger partial charge in [-0.05, 0) is 24.3 Å². The Bertz CT molecular complexity index is 767. The van der Waals surface area contributed by atoms with Crippen molar-refractivity contribution in [3.8, 4) is 5.75 Å². The maximum absolute atomic E-state index is 12.2. The standard InChI is InChI=1S/C14H10F3N3O/c15-14(16,17)21-10-4-1-3-9(7-10)20-12-8-19-13-11(12)5-2-6-18-13/h1-8,20H,(H,18,19). The summed E-state index contributed by atoms with van der Waals surface area (Å²) in [7, 11) is 0. The molecule has 0 radical (unpaired) electrons. The van der Waals surface area contributed by atoms with Crippen molar-refractivity contribution < 1.29 is 17.9 Å². The van der Waals surface area contributed by atoms with E-state index in [1.807, 2.05) is 6.07 Å². The van der Waals surface area contributed by atoms with Crippen LogP contribution in [0.5, 0.6) is 5.75 Å². The average molecular weight is 293 g/mol. The second-order valence-corrected chi connectivity index (χ2v) is 4.30. The predicted molar refractivity (Wildman–Crippen MR) is 72.5 cm³/mol. The van der Waals surface area contributed by atoms with Gasteiger partial charge < -0.3 is 15.0 Å². The van der Waals surface area contributed by atoms with Crippen molar-refractivity contribution in [1.29, 1.82) is 0 Å². The summed E-state index contributed by atoms with van der Waals surface area (Å²) in [4.78, 5) is 7.12. The highest BCUT2D eigenvalue weighted by molar-refractivity contribution is 5.91. The Kier molecular flexibility index (Phi) is 3.17. The highest BCUT2D eigenvalue weighted by Crippen LogP contribution is 2.29. The van der Waals surface area contributed by atoms with Gasteiger partial charge in [-0.25, -0.2) is 4.98 Å². The smallest absolute Gasteiger partial charge is 0.406 e. The summed E-state index contributed by atoms with van der Waals surface area (Å²) in [5, 5.41) is 3.88. The van der Waals surface area contributed by atoms with Crippen LogP contribution < -0.4 is 10.1 Å². The number of ether oxygens (including phenoxy) is 1. The van der Waals surface area contributed by atoms with Crippen LogP contribution in [-0.4, -0.2) is 16.3 Å². The predicted octanol–water partition coefficient (Wildman–Crippen LogP) is 4.21. The topological polar surface area (TPSA) is 49.9 Å².